The predicted octanol–water partition coefficient (Wildman–Crippen LogP) is 6.66. The lowest BCUT2D eigenvalue weighted by Gasteiger charge is -2.12. The minimum Gasteiger partial charge on any atom is -0.364 e. The number of alkyl halides is 6. The first-order valence-corrected chi connectivity index (χ1v) is 11.5. The number of nitrogens with one attached hydrogen (secondary N) is 2. The van der Waals surface area contributed by atoms with Crippen molar-refractivity contribution < 1.29 is 26.3 Å². The van der Waals surface area contributed by atoms with Gasteiger partial charge in [-0.15, -0.1) is 0 Å². The Kier molecular flexibility index (Phi) is 6.81. The molecular formula is C26H19F6N7. The smallest absolute Gasteiger partial charge is 0.364 e. The second-order valence-electron chi connectivity index (χ2n) is 8.55. The van der Waals surface area contributed by atoms with Crippen molar-refractivity contribution in [3.05, 3.63) is 102 Å². The second-order valence-corrected chi connectivity index (χ2v) is 8.55. The fourth-order valence-corrected chi connectivity index (χ4v) is 3.80. The van der Waals surface area contributed by atoms with Crippen LogP contribution in [0.5, 0.6) is 0 Å². The average Bonchev–Trinajstić information content (AvgIpc) is 3.30. The molecule has 5 rings (SSSR count). The number of benzene rings is 2. The van der Waals surface area contributed by atoms with E-state index in [1.54, 1.807) is 23.0 Å². The Bertz CT molecular complexity index is 1560. The molecule has 13 heteroatoms. The van der Waals surface area contributed by atoms with Gasteiger partial charge in [-0.2, -0.15) is 36.3 Å². The van der Waals surface area contributed by atoms with Crippen LogP contribution >= 0.6 is 0 Å². The third-order valence-corrected chi connectivity index (χ3v) is 5.75. The Labute approximate surface area is 217 Å². The molecule has 3 heterocycles. The monoisotopic (exact) mass is 543 g/mol. The molecule has 7 nitrogen and oxygen atoms in total. The number of nitrogens with zero attached hydrogens (tertiary/aromatic N) is 5. The number of hydrogen-bond acceptors (Lipinski definition) is 6. The van der Waals surface area contributed by atoms with Gasteiger partial charge in [0.1, 0.15) is 0 Å². The van der Waals surface area contributed by atoms with E-state index in [-0.39, 0.29) is 12.5 Å². The van der Waals surface area contributed by atoms with Crippen LogP contribution in [0.15, 0.2) is 79.4 Å². The van der Waals surface area contributed by atoms with Gasteiger partial charge < -0.3 is 15.2 Å². The molecule has 2 N–H and O–H groups in total. The Hall–Kier alpha value is -4.68. The molecule has 0 aliphatic carbocycles. The highest BCUT2D eigenvalue weighted by molar-refractivity contribution is 5.84. The number of halogens is 6. The summed E-state index contributed by atoms with van der Waals surface area (Å²) in [5.41, 5.74) is 1.01. The molecule has 0 saturated heterocycles. The van der Waals surface area contributed by atoms with E-state index in [9.17, 15) is 26.3 Å². The normalized spacial score (nSPS) is 12.1. The van der Waals surface area contributed by atoms with Gasteiger partial charge >= 0.3 is 12.4 Å². The Morgan fingerprint density at radius 3 is 2.05 bits per heavy atom. The van der Waals surface area contributed by atoms with Gasteiger partial charge in [-0.3, -0.25) is 4.98 Å². The summed E-state index contributed by atoms with van der Waals surface area (Å²) >= 11 is 0. The van der Waals surface area contributed by atoms with Gasteiger partial charge in [-0.1, -0.05) is 18.2 Å². The maximum atomic E-state index is 12.9. The van der Waals surface area contributed by atoms with Crippen LogP contribution in [0.1, 0.15) is 22.3 Å². The standard InChI is InChI=1S/C26H19F6N7/c27-25(28,29)18-5-3-16(4-6-18)14-39-15-35-21-22(34-13-17-2-1-11-33-12-17)37-24(38-23(21)39)36-20-9-7-19(8-10-20)26(30,31)32/h1-12,15H,13-14H2,(H2,34,36,37,38). The topological polar surface area (TPSA) is 80.5 Å². The number of imidazole rings is 1. The van der Waals surface area contributed by atoms with E-state index in [1.165, 1.54) is 30.6 Å². The van der Waals surface area contributed by atoms with E-state index in [2.05, 4.69) is 30.6 Å². The summed E-state index contributed by atoms with van der Waals surface area (Å²) in [6.45, 7) is 0.527. The molecule has 0 saturated carbocycles. The van der Waals surface area contributed by atoms with E-state index in [1.807, 2.05) is 6.07 Å². The number of hydrogen-bond donors (Lipinski definition) is 2. The van der Waals surface area contributed by atoms with Crippen LogP contribution in [-0.4, -0.2) is 24.5 Å². The lowest BCUT2D eigenvalue weighted by molar-refractivity contribution is -0.138. The Morgan fingerprint density at radius 1 is 0.769 bits per heavy atom. The van der Waals surface area contributed by atoms with Crippen molar-refractivity contribution in [3.8, 4) is 0 Å². The van der Waals surface area contributed by atoms with Gasteiger partial charge in [0.2, 0.25) is 5.95 Å². The van der Waals surface area contributed by atoms with Crippen molar-refractivity contribution in [3.63, 3.8) is 0 Å². The number of fused-ring (bicyclic) bond motifs is 1. The highest BCUT2D eigenvalue weighted by Crippen LogP contribution is 2.31. The molecule has 200 valence electrons. The van der Waals surface area contributed by atoms with Gasteiger partial charge in [-0.05, 0) is 53.6 Å². The minimum absolute atomic E-state index is 0.0881. The quantitative estimate of drug-likeness (QED) is 0.224. The largest absolute Gasteiger partial charge is 0.416 e. The van der Waals surface area contributed by atoms with E-state index in [0.717, 1.165) is 29.8 Å². The van der Waals surface area contributed by atoms with Crippen molar-refractivity contribution in [1.82, 2.24) is 24.5 Å². The molecule has 0 spiro atoms. The van der Waals surface area contributed by atoms with Crippen LogP contribution in [0.3, 0.4) is 0 Å². The lowest BCUT2D eigenvalue weighted by atomic mass is 10.1. The SMILES string of the molecule is FC(F)(F)c1ccc(Cn2cnc3c(NCc4cccnc4)nc(Nc4ccc(C(F)(F)F)cc4)nc32)cc1. The molecule has 0 aliphatic rings. The van der Waals surface area contributed by atoms with Crippen molar-refractivity contribution in [1.29, 1.82) is 0 Å². The van der Waals surface area contributed by atoms with Crippen molar-refractivity contribution >= 4 is 28.6 Å². The molecule has 0 unspecified atom stereocenters. The van der Waals surface area contributed by atoms with E-state index < -0.39 is 23.5 Å². The van der Waals surface area contributed by atoms with Gasteiger partial charge in [0.15, 0.2) is 17.0 Å². The highest BCUT2D eigenvalue weighted by atomic mass is 19.4. The van der Waals surface area contributed by atoms with Crippen molar-refractivity contribution in [2.24, 2.45) is 0 Å². The number of rotatable bonds is 7. The molecule has 5 aromatic rings. The van der Waals surface area contributed by atoms with E-state index in [4.69, 9.17) is 0 Å². The molecule has 0 fully saturated rings. The molecule has 2 aromatic carbocycles. The van der Waals surface area contributed by atoms with Crippen LogP contribution < -0.4 is 10.6 Å². The van der Waals surface area contributed by atoms with Gasteiger partial charge in [-0.25, -0.2) is 4.98 Å². The number of anilines is 3. The van der Waals surface area contributed by atoms with Gasteiger partial charge in [0, 0.05) is 24.6 Å². The van der Waals surface area contributed by atoms with Crippen LogP contribution in [0, 0.1) is 0 Å². The maximum absolute atomic E-state index is 12.9. The minimum atomic E-state index is -4.47. The maximum Gasteiger partial charge on any atom is 0.416 e. The molecule has 3 aromatic heterocycles. The molecule has 0 aliphatic heterocycles. The fraction of sp³-hybridized carbons (Fsp3) is 0.154. The first kappa shape index (κ1) is 25.9. The Morgan fingerprint density at radius 2 is 1.44 bits per heavy atom. The third-order valence-electron chi connectivity index (χ3n) is 5.75. The van der Waals surface area contributed by atoms with Crippen molar-refractivity contribution in [2.75, 3.05) is 10.6 Å². The van der Waals surface area contributed by atoms with E-state index >= 15 is 0 Å². The molecular weight excluding hydrogens is 524 g/mol. The molecule has 0 radical (unpaired) electrons. The van der Waals surface area contributed by atoms with Crippen LogP contribution in [0.2, 0.25) is 0 Å². The average molecular weight is 543 g/mol. The number of aromatic nitrogens is 5. The van der Waals surface area contributed by atoms with Crippen molar-refractivity contribution in [2.45, 2.75) is 25.4 Å². The number of pyridine rings is 1. The van der Waals surface area contributed by atoms with Crippen LogP contribution in [0.25, 0.3) is 11.2 Å². The zero-order valence-electron chi connectivity index (χ0n) is 19.9. The first-order valence-electron chi connectivity index (χ1n) is 11.5. The molecule has 39 heavy (non-hydrogen) atoms. The first-order chi connectivity index (χ1) is 18.6. The summed E-state index contributed by atoms with van der Waals surface area (Å²) < 4.78 is 79.3. The summed E-state index contributed by atoms with van der Waals surface area (Å²) in [7, 11) is 0. The summed E-state index contributed by atoms with van der Waals surface area (Å²) in [4.78, 5) is 17.4. The van der Waals surface area contributed by atoms with Crippen LogP contribution in [0.4, 0.5) is 43.8 Å². The molecule has 0 atom stereocenters. The zero-order valence-corrected chi connectivity index (χ0v) is 19.9. The summed E-state index contributed by atoms with van der Waals surface area (Å²) in [5.74, 6) is 0.439. The molecule has 0 bridgehead atoms. The van der Waals surface area contributed by atoms with Gasteiger partial charge in [0.25, 0.3) is 0 Å². The lowest BCUT2D eigenvalue weighted by Crippen LogP contribution is -2.08. The van der Waals surface area contributed by atoms with Crippen LogP contribution in [-0.2, 0) is 25.4 Å². The molecule has 0 amide bonds. The third kappa shape index (κ3) is 6.08. The summed E-state index contributed by atoms with van der Waals surface area (Å²) in [6, 6.07) is 12.8. The highest BCUT2D eigenvalue weighted by Gasteiger charge is 2.30. The predicted molar refractivity (Wildman–Crippen MR) is 132 cm³/mol. The zero-order chi connectivity index (χ0) is 27.6. The second kappa shape index (κ2) is 10.2. The van der Waals surface area contributed by atoms with Gasteiger partial charge in [0.05, 0.1) is 24.0 Å². The summed E-state index contributed by atoms with van der Waals surface area (Å²) in [5, 5.41) is 6.09. The Balaban J connectivity index is 1.47. The summed E-state index contributed by atoms with van der Waals surface area (Å²) in [6.07, 6.45) is -4.10. The van der Waals surface area contributed by atoms with E-state index in [0.29, 0.717) is 34.8 Å². The fourth-order valence-electron chi connectivity index (χ4n) is 3.80.